The van der Waals surface area contributed by atoms with Gasteiger partial charge in [-0.2, -0.15) is 0 Å². The average Bonchev–Trinajstić information content (AvgIpc) is 3.35. The molecule has 10 heteroatoms. The third kappa shape index (κ3) is 5.13. The van der Waals surface area contributed by atoms with Crippen LogP contribution in [-0.2, 0) is 17.8 Å². The molecule has 0 spiro atoms. The predicted molar refractivity (Wildman–Crippen MR) is 127 cm³/mol. The van der Waals surface area contributed by atoms with Crippen molar-refractivity contribution in [1.82, 2.24) is 14.7 Å². The van der Waals surface area contributed by atoms with E-state index >= 15 is 0 Å². The van der Waals surface area contributed by atoms with Crippen molar-refractivity contribution in [3.05, 3.63) is 98.9 Å². The Labute approximate surface area is 194 Å². The molecular weight excluding hydrogens is 438 g/mol. The minimum atomic E-state index is -0.676. The highest BCUT2D eigenvalue weighted by Gasteiger charge is 2.21. The van der Waals surface area contributed by atoms with Crippen LogP contribution in [0, 0.1) is 0 Å². The van der Waals surface area contributed by atoms with E-state index in [4.69, 9.17) is 9.26 Å². The number of ether oxygens (including phenoxy) is 1. The number of aromatic amines is 1. The van der Waals surface area contributed by atoms with E-state index in [1.807, 2.05) is 60.7 Å². The maximum absolute atomic E-state index is 13.0. The highest BCUT2D eigenvalue weighted by Crippen LogP contribution is 2.21. The lowest BCUT2D eigenvalue weighted by Gasteiger charge is -2.17. The van der Waals surface area contributed by atoms with Crippen molar-refractivity contribution in [2.24, 2.45) is 0 Å². The summed E-state index contributed by atoms with van der Waals surface area (Å²) in [7, 11) is 1.49. The monoisotopic (exact) mass is 461 g/mol. The zero-order valence-electron chi connectivity index (χ0n) is 18.4. The second kappa shape index (κ2) is 10.5. The van der Waals surface area contributed by atoms with Crippen molar-refractivity contribution in [3.63, 3.8) is 0 Å². The summed E-state index contributed by atoms with van der Waals surface area (Å²) in [6, 6.07) is 20.1. The van der Waals surface area contributed by atoms with Gasteiger partial charge < -0.3 is 19.9 Å². The van der Waals surface area contributed by atoms with Crippen LogP contribution in [0.5, 0.6) is 0 Å². The molecular formula is C24H23N5O5. The normalized spacial score (nSPS) is 10.7. The van der Waals surface area contributed by atoms with Gasteiger partial charge in [-0.25, -0.2) is 4.79 Å². The molecule has 0 saturated heterocycles. The Morgan fingerprint density at radius 3 is 2.50 bits per heavy atom. The molecule has 1 amide bonds. The van der Waals surface area contributed by atoms with Crippen LogP contribution >= 0.6 is 0 Å². The number of H-pyrrole nitrogens is 1. The molecule has 0 aliphatic carbocycles. The number of amides is 1. The quantitative estimate of drug-likeness (QED) is 0.349. The number of nitrogens with one attached hydrogen (secondary N) is 3. The molecule has 2 aromatic heterocycles. The van der Waals surface area contributed by atoms with Crippen LogP contribution in [0.25, 0.3) is 11.3 Å². The number of hydrogen-bond donors (Lipinski definition) is 3. The fourth-order valence-electron chi connectivity index (χ4n) is 3.34. The van der Waals surface area contributed by atoms with Crippen LogP contribution in [-0.4, -0.2) is 34.3 Å². The Morgan fingerprint density at radius 2 is 1.79 bits per heavy atom. The van der Waals surface area contributed by atoms with Crippen molar-refractivity contribution < 1.29 is 14.1 Å². The topological polar surface area (TPSA) is 131 Å². The van der Waals surface area contributed by atoms with Gasteiger partial charge in [0, 0.05) is 25.3 Å². The van der Waals surface area contributed by atoms with E-state index in [1.54, 1.807) is 0 Å². The Balaban J connectivity index is 1.67. The fraction of sp³-hybridized carbons (Fsp3) is 0.167. The second-order valence-corrected chi connectivity index (χ2v) is 7.36. The van der Waals surface area contributed by atoms with Gasteiger partial charge in [0.2, 0.25) is 5.76 Å². The molecule has 0 saturated carbocycles. The van der Waals surface area contributed by atoms with E-state index < -0.39 is 17.2 Å². The van der Waals surface area contributed by atoms with Gasteiger partial charge in [-0.3, -0.25) is 19.1 Å². The predicted octanol–water partition coefficient (Wildman–Crippen LogP) is 2.70. The lowest BCUT2D eigenvalue weighted by Crippen LogP contribution is -2.36. The van der Waals surface area contributed by atoms with Crippen molar-refractivity contribution in [2.75, 3.05) is 24.4 Å². The van der Waals surface area contributed by atoms with E-state index in [-0.39, 0.29) is 30.4 Å². The molecule has 2 heterocycles. The van der Waals surface area contributed by atoms with Crippen LogP contribution in [0.1, 0.15) is 16.1 Å². The molecule has 4 rings (SSSR count). The molecule has 3 N–H and O–H groups in total. The Hall–Kier alpha value is -4.44. The summed E-state index contributed by atoms with van der Waals surface area (Å²) in [4.78, 5) is 40.5. The number of anilines is 2. The highest BCUT2D eigenvalue weighted by atomic mass is 16.5. The number of hydrogen-bond acceptors (Lipinski definition) is 7. The van der Waals surface area contributed by atoms with Gasteiger partial charge in [0.1, 0.15) is 17.2 Å². The summed E-state index contributed by atoms with van der Waals surface area (Å²) in [5, 5.41) is 9.61. The first kappa shape index (κ1) is 22.7. The highest BCUT2D eigenvalue weighted by molar-refractivity contribution is 6.03. The van der Waals surface area contributed by atoms with Crippen molar-refractivity contribution in [1.29, 1.82) is 0 Å². The van der Waals surface area contributed by atoms with Crippen molar-refractivity contribution >= 4 is 17.4 Å². The minimum absolute atomic E-state index is 0.00407. The fourth-order valence-corrected chi connectivity index (χ4v) is 3.34. The van der Waals surface area contributed by atoms with E-state index in [2.05, 4.69) is 20.8 Å². The van der Waals surface area contributed by atoms with Crippen molar-refractivity contribution in [2.45, 2.75) is 13.1 Å². The SMILES string of the molecule is COCCn1c(NC(=O)c2cc(-c3ccccc3)no2)c(NCc2ccccc2)c(=O)[nH]c1=O. The molecule has 0 aliphatic rings. The van der Waals surface area contributed by atoms with Gasteiger partial charge in [-0.05, 0) is 5.56 Å². The lowest BCUT2D eigenvalue weighted by atomic mass is 10.1. The molecule has 0 unspecified atom stereocenters. The van der Waals surface area contributed by atoms with Crippen molar-refractivity contribution in [3.8, 4) is 11.3 Å². The summed E-state index contributed by atoms with van der Waals surface area (Å²) >= 11 is 0. The molecule has 0 fully saturated rings. The van der Waals surface area contributed by atoms with Crippen LogP contribution in [0.15, 0.2) is 80.8 Å². The molecule has 0 radical (unpaired) electrons. The van der Waals surface area contributed by atoms with E-state index in [0.717, 1.165) is 11.1 Å². The number of nitrogens with zero attached hydrogens (tertiary/aromatic N) is 2. The molecule has 0 aliphatic heterocycles. The lowest BCUT2D eigenvalue weighted by molar-refractivity contribution is 0.0986. The molecule has 34 heavy (non-hydrogen) atoms. The number of carbonyl (C=O) groups excluding carboxylic acids is 1. The third-order valence-electron chi connectivity index (χ3n) is 5.07. The summed E-state index contributed by atoms with van der Waals surface area (Å²) in [6.45, 7) is 0.594. The number of carbonyl (C=O) groups is 1. The Bertz CT molecular complexity index is 1380. The second-order valence-electron chi connectivity index (χ2n) is 7.36. The standard InChI is InChI=1S/C24H23N5O5/c1-33-13-12-29-21(20(23(31)27-24(29)32)25-15-16-8-4-2-5-9-16)26-22(30)19-14-18(28-34-19)17-10-6-3-7-11-17/h2-11,14,25H,12-13,15H2,1H3,(H,26,30)(H,27,31,32). The molecule has 2 aromatic carbocycles. The molecule has 4 aromatic rings. The van der Waals surface area contributed by atoms with Crippen LogP contribution in [0.4, 0.5) is 11.5 Å². The van der Waals surface area contributed by atoms with E-state index in [9.17, 15) is 14.4 Å². The summed E-state index contributed by atoms with van der Waals surface area (Å²) in [5.41, 5.74) is 0.879. The third-order valence-corrected chi connectivity index (χ3v) is 5.07. The van der Waals surface area contributed by atoms with Crippen LogP contribution in [0.3, 0.4) is 0 Å². The molecule has 0 bridgehead atoms. The smallest absolute Gasteiger partial charge is 0.330 e. The van der Waals surface area contributed by atoms with Gasteiger partial charge >= 0.3 is 5.69 Å². The first-order chi connectivity index (χ1) is 16.6. The average molecular weight is 461 g/mol. The molecule has 10 nitrogen and oxygen atoms in total. The summed E-state index contributed by atoms with van der Waals surface area (Å²) in [5.74, 6) is -0.725. The zero-order valence-corrected chi connectivity index (χ0v) is 18.4. The van der Waals surface area contributed by atoms with Gasteiger partial charge in [0.05, 0.1) is 13.2 Å². The maximum Gasteiger partial charge on any atom is 0.330 e. The van der Waals surface area contributed by atoms with Gasteiger partial charge in [-0.15, -0.1) is 0 Å². The molecule has 0 atom stereocenters. The Morgan fingerprint density at radius 1 is 1.09 bits per heavy atom. The first-order valence-corrected chi connectivity index (χ1v) is 10.5. The van der Waals surface area contributed by atoms with E-state index in [0.29, 0.717) is 12.2 Å². The summed E-state index contributed by atoms with van der Waals surface area (Å²) in [6.07, 6.45) is 0. The largest absolute Gasteiger partial charge is 0.383 e. The number of aromatic nitrogens is 3. The maximum atomic E-state index is 13.0. The van der Waals surface area contributed by atoms with Gasteiger partial charge in [-0.1, -0.05) is 65.8 Å². The first-order valence-electron chi connectivity index (χ1n) is 10.5. The van der Waals surface area contributed by atoms with Crippen LogP contribution in [0.2, 0.25) is 0 Å². The number of methoxy groups -OCH3 is 1. The zero-order chi connectivity index (χ0) is 23.9. The Kier molecular flexibility index (Phi) is 6.99. The van der Waals surface area contributed by atoms with Gasteiger partial charge in [0.25, 0.3) is 11.5 Å². The minimum Gasteiger partial charge on any atom is -0.383 e. The van der Waals surface area contributed by atoms with Crippen LogP contribution < -0.4 is 21.9 Å². The van der Waals surface area contributed by atoms with E-state index in [1.165, 1.54) is 17.7 Å². The number of rotatable bonds is 9. The number of benzene rings is 2. The summed E-state index contributed by atoms with van der Waals surface area (Å²) < 4.78 is 11.5. The molecule has 174 valence electrons. The van der Waals surface area contributed by atoms with Gasteiger partial charge in [0.15, 0.2) is 0 Å².